The van der Waals surface area contributed by atoms with Crippen molar-refractivity contribution < 1.29 is 23.5 Å². The summed E-state index contributed by atoms with van der Waals surface area (Å²) < 4.78 is 21.5. The number of methoxy groups -OCH3 is 1. The number of anilines is 2. The average molecular weight is 634 g/mol. The van der Waals surface area contributed by atoms with E-state index in [-0.39, 0.29) is 18.7 Å². The summed E-state index contributed by atoms with van der Waals surface area (Å²) in [5.74, 6) is -3.09. The minimum atomic E-state index is -1.54. The Morgan fingerprint density at radius 3 is 2.43 bits per heavy atom. The second-order valence-corrected chi connectivity index (χ2v) is 11.2. The van der Waals surface area contributed by atoms with Crippen molar-refractivity contribution in [3.05, 3.63) is 100 Å². The number of rotatable bonds is 7. The second kappa shape index (κ2) is 11.5. The van der Waals surface area contributed by atoms with Crippen molar-refractivity contribution in [3.63, 3.8) is 0 Å². The molecule has 3 amide bonds. The first-order chi connectivity index (χ1) is 20.1. The van der Waals surface area contributed by atoms with Gasteiger partial charge in [-0.2, -0.15) is 0 Å². The molecule has 5 rings (SSSR count). The van der Waals surface area contributed by atoms with E-state index in [1.807, 2.05) is 30.3 Å². The lowest BCUT2D eigenvalue weighted by Crippen LogP contribution is -2.63. The van der Waals surface area contributed by atoms with Crippen LogP contribution in [-0.2, 0) is 16.1 Å². The Hall–Kier alpha value is -4.28. The third-order valence-corrected chi connectivity index (χ3v) is 8.55. The van der Waals surface area contributed by atoms with Crippen molar-refractivity contribution in [2.75, 3.05) is 30.5 Å². The number of nitrogens with one attached hydrogen (secondary N) is 1. The van der Waals surface area contributed by atoms with E-state index in [4.69, 9.17) is 10.5 Å². The molecule has 42 heavy (non-hydrogen) atoms. The zero-order valence-corrected chi connectivity index (χ0v) is 24.9. The third-order valence-electron chi connectivity index (χ3n) is 8.06. The van der Waals surface area contributed by atoms with Crippen LogP contribution in [0.15, 0.2) is 83.3 Å². The first-order valence-electron chi connectivity index (χ1n) is 13.3. The summed E-state index contributed by atoms with van der Waals surface area (Å²) in [5.41, 5.74) is 5.72. The van der Waals surface area contributed by atoms with Crippen molar-refractivity contribution >= 4 is 55.8 Å². The summed E-state index contributed by atoms with van der Waals surface area (Å²) in [6.45, 7) is 1.38. The summed E-state index contributed by atoms with van der Waals surface area (Å²) in [5, 5.41) is 4.72. The Bertz CT molecular complexity index is 1710. The van der Waals surface area contributed by atoms with E-state index >= 15 is 0 Å². The van der Waals surface area contributed by atoms with Crippen LogP contribution >= 0.6 is 15.9 Å². The van der Waals surface area contributed by atoms with Gasteiger partial charge in [-0.15, -0.1) is 0 Å². The van der Waals surface area contributed by atoms with Crippen molar-refractivity contribution in [1.29, 1.82) is 0 Å². The molecule has 216 valence electrons. The van der Waals surface area contributed by atoms with Gasteiger partial charge < -0.3 is 25.6 Å². The molecule has 1 heterocycles. The molecule has 1 unspecified atom stereocenters. The maximum Gasteiger partial charge on any atom is 0.261 e. The molecule has 0 saturated carbocycles. The van der Waals surface area contributed by atoms with E-state index in [1.165, 1.54) is 37.1 Å². The highest BCUT2D eigenvalue weighted by Gasteiger charge is 2.49. The molecule has 0 bridgehead atoms. The Morgan fingerprint density at radius 1 is 1.07 bits per heavy atom. The zero-order valence-electron chi connectivity index (χ0n) is 23.4. The lowest BCUT2D eigenvalue weighted by Gasteiger charge is -2.36. The van der Waals surface area contributed by atoms with Crippen LogP contribution in [0.1, 0.15) is 22.8 Å². The number of hydrogen-bond donors (Lipinski definition) is 2. The zero-order chi connectivity index (χ0) is 30.2. The molecule has 4 aromatic rings. The third kappa shape index (κ3) is 5.01. The maximum atomic E-state index is 14.9. The standard InChI is InChI=1S/C32H30BrFN4O4/c1-32(36-2,31(35)41)24-18-38(29(39)22-8-4-5-9-25(22)34)27-11-7-6-10-26(27)37(30(24)40)17-23-21-14-13-20(33)16-19(21)12-15-28(23)42-3/h4-16,24,36H,17-18H2,1-3H3,(H2,35,41)/t24-,32?/m1/s1. The second-order valence-electron chi connectivity index (χ2n) is 10.3. The number of nitrogens with zero attached hydrogens (tertiary/aromatic N) is 2. The van der Waals surface area contributed by atoms with E-state index in [0.29, 0.717) is 17.1 Å². The number of ether oxygens (including phenoxy) is 1. The first-order valence-corrected chi connectivity index (χ1v) is 14.1. The number of carbonyl (C=O) groups is 3. The number of primary amides is 1. The van der Waals surface area contributed by atoms with Crippen LogP contribution in [0, 0.1) is 11.7 Å². The molecule has 0 radical (unpaired) electrons. The quantitative estimate of drug-likeness (QED) is 0.298. The largest absolute Gasteiger partial charge is 0.496 e. The highest BCUT2D eigenvalue weighted by Crippen LogP contribution is 2.40. The molecule has 1 aliphatic heterocycles. The topological polar surface area (TPSA) is 105 Å². The first kappa shape index (κ1) is 29.2. The van der Waals surface area contributed by atoms with Crippen molar-refractivity contribution in [3.8, 4) is 5.75 Å². The molecular weight excluding hydrogens is 603 g/mol. The van der Waals surface area contributed by atoms with E-state index in [0.717, 1.165) is 20.8 Å². The minimum Gasteiger partial charge on any atom is -0.496 e. The lowest BCUT2D eigenvalue weighted by molar-refractivity contribution is -0.133. The van der Waals surface area contributed by atoms with Crippen LogP contribution in [0.2, 0.25) is 0 Å². The maximum absolute atomic E-state index is 14.9. The van der Waals surface area contributed by atoms with Gasteiger partial charge in [0.15, 0.2) is 0 Å². The molecule has 8 nitrogen and oxygen atoms in total. The Kier molecular flexibility index (Phi) is 8.03. The number of hydrogen-bond acceptors (Lipinski definition) is 5. The van der Waals surface area contributed by atoms with Crippen LogP contribution in [0.3, 0.4) is 0 Å². The molecular formula is C32H30BrFN4O4. The fourth-order valence-corrected chi connectivity index (χ4v) is 5.86. The predicted octanol–water partition coefficient (Wildman–Crippen LogP) is 5.02. The Balaban J connectivity index is 1.74. The molecule has 3 N–H and O–H groups in total. The summed E-state index contributed by atoms with van der Waals surface area (Å²) in [6, 6.07) is 22.2. The highest BCUT2D eigenvalue weighted by molar-refractivity contribution is 9.10. The van der Waals surface area contributed by atoms with Gasteiger partial charge in [-0.3, -0.25) is 14.4 Å². The van der Waals surface area contributed by atoms with Crippen molar-refractivity contribution in [1.82, 2.24) is 5.32 Å². The van der Waals surface area contributed by atoms with E-state index in [2.05, 4.69) is 21.2 Å². The van der Waals surface area contributed by atoms with Gasteiger partial charge in [0, 0.05) is 16.6 Å². The molecule has 0 aromatic heterocycles. The van der Waals surface area contributed by atoms with E-state index in [9.17, 15) is 18.8 Å². The Labute approximate surface area is 251 Å². The molecule has 10 heteroatoms. The summed E-state index contributed by atoms with van der Waals surface area (Å²) >= 11 is 3.52. The number of para-hydroxylation sites is 2. The summed E-state index contributed by atoms with van der Waals surface area (Å²) in [7, 11) is 3.10. The number of halogens is 2. The summed E-state index contributed by atoms with van der Waals surface area (Å²) in [6.07, 6.45) is 0. The molecule has 0 spiro atoms. The van der Waals surface area contributed by atoms with Gasteiger partial charge in [-0.25, -0.2) is 4.39 Å². The number of likely N-dealkylation sites (N-methyl/N-ethyl adjacent to an activating group) is 1. The Morgan fingerprint density at radius 2 is 1.76 bits per heavy atom. The van der Waals surface area contributed by atoms with Gasteiger partial charge in [0.2, 0.25) is 11.8 Å². The molecule has 0 aliphatic carbocycles. The minimum absolute atomic E-state index is 0.0643. The van der Waals surface area contributed by atoms with Crippen LogP contribution in [0.5, 0.6) is 5.75 Å². The summed E-state index contributed by atoms with van der Waals surface area (Å²) in [4.78, 5) is 44.3. The van der Waals surface area contributed by atoms with Crippen LogP contribution in [0.25, 0.3) is 10.8 Å². The number of benzene rings is 4. The average Bonchev–Trinajstić information content (AvgIpc) is 3.11. The van der Waals surface area contributed by atoms with Gasteiger partial charge in [0.25, 0.3) is 5.91 Å². The van der Waals surface area contributed by atoms with Gasteiger partial charge >= 0.3 is 0 Å². The molecule has 0 fully saturated rings. The molecule has 4 aromatic carbocycles. The normalized spacial score (nSPS) is 16.5. The van der Waals surface area contributed by atoms with E-state index in [1.54, 1.807) is 42.3 Å². The van der Waals surface area contributed by atoms with Gasteiger partial charge in [-0.1, -0.05) is 52.3 Å². The fraction of sp³-hybridized carbons (Fsp3) is 0.219. The van der Waals surface area contributed by atoms with Crippen LogP contribution < -0.4 is 25.6 Å². The SMILES string of the molecule is CNC(C)(C(N)=O)[C@@H]1CN(C(=O)c2ccccc2F)c2ccccc2N(Cc2c(OC)ccc3cc(Br)ccc23)C1=O. The smallest absolute Gasteiger partial charge is 0.261 e. The number of nitrogens with two attached hydrogens (primary N) is 1. The molecule has 2 atom stereocenters. The highest BCUT2D eigenvalue weighted by atomic mass is 79.9. The fourth-order valence-electron chi connectivity index (χ4n) is 5.48. The van der Waals surface area contributed by atoms with Crippen LogP contribution in [0.4, 0.5) is 15.8 Å². The van der Waals surface area contributed by atoms with Gasteiger partial charge in [0.05, 0.1) is 36.5 Å². The molecule has 0 saturated heterocycles. The number of amides is 3. The van der Waals surface area contributed by atoms with Gasteiger partial charge in [0.1, 0.15) is 17.1 Å². The van der Waals surface area contributed by atoms with Crippen molar-refractivity contribution in [2.24, 2.45) is 11.7 Å². The lowest BCUT2D eigenvalue weighted by atomic mass is 9.83. The monoisotopic (exact) mass is 632 g/mol. The van der Waals surface area contributed by atoms with Crippen LogP contribution in [-0.4, -0.2) is 44.0 Å². The number of carbonyl (C=O) groups excluding carboxylic acids is 3. The van der Waals surface area contributed by atoms with Crippen molar-refractivity contribution in [2.45, 2.75) is 19.0 Å². The van der Waals surface area contributed by atoms with E-state index < -0.39 is 35.0 Å². The molecule has 1 aliphatic rings. The van der Waals surface area contributed by atoms with Gasteiger partial charge in [-0.05, 0) is 67.2 Å². The predicted molar refractivity (Wildman–Crippen MR) is 164 cm³/mol. The number of fused-ring (bicyclic) bond motifs is 2.